The molecule has 1 atom stereocenters. The van der Waals surface area contributed by atoms with E-state index in [0.717, 1.165) is 34.3 Å². The first-order chi connectivity index (χ1) is 12.5. The van der Waals surface area contributed by atoms with Crippen LogP contribution in [0, 0.1) is 13.8 Å². The predicted octanol–water partition coefficient (Wildman–Crippen LogP) is 3.61. The Labute approximate surface area is 166 Å². The zero-order chi connectivity index (χ0) is 20.2. The molecular weight excluding hydrogens is 360 g/mol. The Morgan fingerprint density at radius 3 is 2.48 bits per heavy atom. The number of hydrogen-bond donors (Lipinski definition) is 3. The Kier molecular flexibility index (Phi) is 6.70. The number of rotatable bonds is 6. The first kappa shape index (κ1) is 21.4. The van der Waals surface area contributed by atoms with E-state index >= 15 is 0 Å². The van der Waals surface area contributed by atoms with Gasteiger partial charge in [-0.15, -0.1) is 11.3 Å². The van der Waals surface area contributed by atoms with E-state index in [1.807, 2.05) is 26.8 Å². The highest BCUT2D eigenvalue weighted by atomic mass is 32.1. The van der Waals surface area contributed by atoms with Crippen molar-refractivity contribution in [3.8, 4) is 0 Å². The lowest BCUT2D eigenvalue weighted by molar-refractivity contribution is 0.0601. The second-order valence-corrected chi connectivity index (χ2v) is 8.97. The standard InChI is InChI=1S/C20H32N4O2S/c1-8-21-18(22-10-17-24-16(11-27-17)19(4,5)6)23-12-20(7,25)15-9-13(2)26-14(15)3/h9,11,25H,8,10,12H2,1-7H3,(H2,21,22,23). The normalized spacial score (nSPS) is 14.9. The second-order valence-electron chi connectivity index (χ2n) is 8.03. The molecule has 150 valence electrons. The Morgan fingerprint density at radius 1 is 1.26 bits per heavy atom. The average Bonchev–Trinajstić information content (AvgIpc) is 3.16. The number of aryl methyl sites for hydroxylation is 2. The highest BCUT2D eigenvalue weighted by Crippen LogP contribution is 2.26. The average molecular weight is 393 g/mol. The molecule has 1 unspecified atom stereocenters. The van der Waals surface area contributed by atoms with Crippen LogP contribution in [-0.4, -0.2) is 29.1 Å². The van der Waals surface area contributed by atoms with Crippen molar-refractivity contribution in [3.63, 3.8) is 0 Å². The lowest BCUT2D eigenvalue weighted by atomic mass is 9.93. The van der Waals surface area contributed by atoms with E-state index in [9.17, 15) is 5.11 Å². The van der Waals surface area contributed by atoms with E-state index in [1.165, 1.54) is 0 Å². The minimum Gasteiger partial charge on any atom is -0.466 e. The van der Waals surface area contributed by atoms with Gasteiger partial charge in [0, 0.05) is 22.9 Å². The summed E-state index contributed by atoms with van der Waals surface area (Å²) < 4.78 is 5.55. The van der Waals surface area contributed by atoms with Crippen LogP contribution in [0.4, 0.5) is 0 Å². The molecule has 2 aromatic heterocycles. The van der Waals surface area contributed by atoms with Gasteiger partial charge < -0.3 is 20.2 Å². The number of aliphatic imine (C=N–C) groups is 1. The summed E-state index contributed by atoms with van der Waals surface area (Å²) in [7, 11) is 0. The van der Waals surface area contributed by atoms with Crippen LogP contribution < -0.4 is 10.6 Å². The molecule has 0 bridgehead atoms. The van der Waals surface area contributed by atoms with Crippen molar-refractivity contribution in [2.24, 2.45) is 4.99 Å². The summed E-state index contributed by atoms with van der Waals surface area (Å²) >= 11 is 1.63. The summed E-state index contributed by atoms with van der Waals surface area (Å²) in [6.45, 7) is 15.6. The number of nitrogens with zero attached hydrogens (tertiary/aromatic N) is 2. The molecule has 0 aliphatic carbocycles. The first-order valence-electron chi connectivity index (χ1n) is 9.30. The third kappa shape index (κ3) is 5.81. The van der Waals surface area contributed by atoms with Crippen molar-refractivity contribution in [2.75, 3.05) is 13.1 Å². The van der Waals surface area contributed by atoms with Crippen molar-refractivity contribution >= 4 is 17.3 Å². The van der Waals surface area contributed by atoms with Gasteiger partial charge in [-0.1, -0.05) is 20.8 Å². The van der Waals surface area contributed by atoms with E-state index in [2.05, 4.69) is 46.8 Å². The smallest absolute Gasteiger partial charge is 0.191 e. The number of hydrogen-bond acceptors (Lipinski definition) is 5. The molecule has 0 spiro atoms. The van der Waals surface area contributed by atoms with Gasteiger partial charge in [0.1, 0.15) is 22.1 Å². The largest absolute Gasteiger partial charge is 0.466 e. The van der Waals surface area contributed by atoms with Gasteiger partial charge in [-0.25, -0.2) is 9.98 Å². The SMILES string of the molecule is CCNC(=NCc1nc(C(C)(C)C)cs1)NCC(C)(O)c1cc(C)oc1C. The van der Waals surface area contributed by atoms with Gasteiger partial charge in [-0.05, 0) is 33.8 Å². The molecule has 6 nitrogen and oxygen atoms in total. The molecule has 0 amide bonds. The molecule has 0 aliphatic rings. The monoisotopic (exact) mass is 392 g/mol. The maximum absolute atomic E-state index is 10.9. The third-order valence-electron chi connectivity index (χ3n) is 4.26. The van der Waals surface area contributed by atoms with Crippen LogP contribution in [0.1, 0.15) is 62.4 Å². The minimum absolute atomic E-state index is 0.0422. The summed E-state index contributed by atoms with van der Waals surface area (Å²) in [5.41, 5.74) is 0.863. The fraction of sp³-hybridized carbons (Fsp3) is 0.600. The minimum atomic E-state index is -1.06. The molecule has 0 aromatic carbocycles. The summed E-state index contributed by atoms with van der Waals surface area (Å²) in [5.74, 6) is 2.18. The first-order valence-corrected chi connectivity index (χ1v) is 10.2. The van der Waals surface area contributed by atoms with Gasteiger partial charge in [0.2, 0.25) is 0 Å². The number of aromatic nitrogens is 1. The number of nitrogens with one attached hydrogen (secondary N) is 2. The predicted molar refractivity (Wildman–Crippen MR) is 111 cm³/mol. The van der Waals surface area contributed by atoms with Gasteiger partial charge in [-0.2, -0.15) is 0 Å². The maximum Gasteiger partial charge on any atom is 0.191 e. The summed E-state index contributed by atoms with van der Waals surface area (Å²) in [6.07, 6.45) is 0. The highest BCUT2D eigenvalue weighted by molar-refractivity contribution is 7.09. The van der Waals surface area contributed by atoms with Crippen LogP contribution >= 0.6 is 11.3 Å². The maximum atomic E-state index is 10.9. The zero-order valence-electron chi connectivity index (χ0n) is 17.4. The Bertz CT molecular complexity index is 784. The van der Waals surface area contributed by atoms with Crippen molar-refractivity contribution in [1.82, 2.24) is 15.6 Å². The second kappa shape index (κ2) is 8.44. The van der Waals surface area contributed by atoms with Crippen molar-refractivity contribution in [3.05, 3.63) is 39.2 Å². The van der Waals surface area contributed by atoms with Crippen molar-refractivity contribution < 1.29 is 9.52 Å². The van der Waals surface area contributed by atoms with E-state index in [0.29, 0.717) is 19.0 Å². The molecule has 0 fully saturated rings. The Balaban J connectivity index is 2.05. The molecular formula is C20H32N4O2S. The molecule has 2 aromatic rings. The molecule has 0 saturated heterocycles. The fourth-order valence-electron chi connectivity index (χ4n) is 2.73. The lowest BCUT2D eigenvalue weighted by Gasteiger charge is -2.24. The molecule has 3 N–H and O–H groups in total. The molecule has 0 saturated carbocycles. The molecule has 0 radical (unpaired) electrons. The fourth-order valence-corrected chi connectivity index (χ4v) is 3.68. The van der Waals surface area contributed by atoms with Crippen LogP contribution in [-0.2, 0) is 17.6 Å². The van der Waals surface area contributed by atoms with Gasteiger partial charge in [0.25, 0.3) is 0 Å². The topological polar surface area (TPSA) is 82.7 Å². The van der Waals surface area contributed by atoms with E-state index in [1.54, 1.807) is 18.3 Å². The summed E-state index contributed by atoms with van der Waals surface area (Å²) in [4.78, 5) is 9.29. The highest BCUT2D eigenvalue weighted by Gasteiger charge is 2.28. The van der Waals surface area contributed by atoms with E-state index in [4.69, 9.17) is 4.42 Å². The third-order valence-corrected chi connectivity index (χ3v) is 5.09. The number of aliphatic hydroxyl groups is 1. The van der Waals surface area contributed by atoms with Gasteiger partial charge in [-0.3, -0.25) is 0 Å². The number of thiazole rings is 1. The Morgan fingerprint density at radius 2 is 1.96 bits per heavy atom. The molecule has 2 rings (SSSR count). The summed E-state index contributed by atoms with van der Waals surface area (Å²) in [6, 6.07) is 1.88. The van der Waals surface area contributed by atoms with Crippen molar-refractivity contribution in [1.29, 1.82) is 0 Å². The van der Waals surface area contributed by atoms with Gasteiger partial charge in [0.15, 0.2) is 5.96 Å². The van der Waals surface area contributed by atoms with Crippen LogP contribution in [0.3, 0.4) is 0 Å². The van der Waals surface area contributed by atoms with Crippen LogP contribution in [0.25, 0.3) is 0 Å². The quantitative estimate of drug-likeness (QED) is 0.517. The summed E-state index contributed by atoms with van der Waals surface area (Å²) in [5, 5.41) is 20.4. The molecule has 0 aliphatic heterocycles. The molecule has 7 heteroatoms. The van der Waals surface area contributed by atoms with E-state index < -0.39 is 5.60 Å². The number of furan rings is 1. The van der Waals surface area contributed by atoms with Crippen LogP contribution in [0.5, 0.6) is 0 Å². The van der Waals surface area contributed by atoms with E-state index in [-0.39, 0.29) is 5.41 Å². The lowest BCUT2D eigenvalue weighted by Crippen LogP contribution is -2.44. The number of guanidine groups is 1. The molecule has 2 heterocycles. The van der Waals surface area contributed by atoms with Gasteiger partial charge in [0.05, 0.1) is 18.8 Å². The van der Waals surface area contributed by atoms with Gasteiger partial charge >= 0.3 is 0 Å². The van der Waals surface area contributed by atoms with Crippen molar-refractivity contribution in [2.45, 2.75) is 66.0 Å². The van der Waals surface area contributed by atoms with Crippen LogP contribution in [0.15, 0.2) is 20.9 Å². The molecule has 27 heavy (non-hydrogen) atoms. The van der Waals surface area contributed by atoms with Crippen LogP contribution in [0.2, 0.25) is 0 Å². The zero-order valence-corrected chi connectivity index (χ0v) is 18.3. The Hall–Kier alpha value is -1.86.